The van der Waals surface area contributed by atoms with E-state index in [-0.39, 0.29) is 19.9 Å². The molecule has 30 heavy (non-hydrogen) atoms. The summed E-state index contributed by atoms with van der Waals surface area (Å²) in [4.78, 5) is 13.0. The molecule has 4 nitrogen and oxygen atoms in total. The topological polar surface area (TPSA) is 69.6 Å². The first-order valence-corrected chi connectivity index (χ1v) is 9.63. The van der Waals surface area contributed by atoms with Gasteiger partial charge in [0.1, 0.15) is 16.8 Å². The van der Waals surface area contributed by atoms with Crippen molar-refractivity contribution in [1.29, 1.82) is 10.5 Å². The van der Waals surface area contributed by atoms with E-state index in [1.165, 1.54) is 24.3 Å². The van der Waals surface area contributed by atoms with E-state index >= 15 is 0 Å². The largest absolute Gasteiger partial charge is 0.416 e. The summed E-state index contributed by atoms with van der Waals surface area (Å²) in [6, 6.07) is 12.1. The van der Waals surface area contributed by atoms with Crippen molar-refractivity contribution in [1.82, 2.24) is 4.57 Å². The van der Waals surface area contributed by atoms with E-state index in [4.69, 9.17) is 23.2 Å². The van der Waals surface area contributed by atoms with E-state index < -0.39 is 22.9 Å². The molecule has 0 bridgehead atoms. The molecule has 0 radical (unpaired) electrons. The van der Waals surface area contributed by atoms with Crippen molar-refractivity contribution in [3.8, 4) is 17.8 Å². The van der Waals surface area contributed by atoms with Gasteiger partial charge in [0.15, 0.2) is 5.57 Å². The lowest BCUT2D eigenvalue weighted by molar-refractivity contribution is -0.137. The first kappa shape index (κ1) is 21.7. The summed E-state index contributed by atoms with van der Waals surface area (Å²) in [6.45, 7) is 0. The highest BCUT2D eigenvalue weighted by molar-refractivity contribution is 7.07. The number of thiazole rings is 1. The predicted molar refractivity (Wildman–Crippen MR) is 109 cm³/mol. The zero-order valence-electron chi connectivity index (χ0n) is 14.7. The molecule has 0 N–H and O–H groups in total. The van der Waals surface area contributed by atoms with E-state index in [1.807, 2.05) is 0 Å². The first-order chi connectivity index (χ1) is 14.2. The monoisotopic (exact) mass is 465 g/mol. The second kappa shape index (κ2) is 8.37. The van der Waals surface area contributed by atoms with Gasteiger partial charge >= 0.3 is 6.18 Å². The van der Waals surface area contributed by atoms with Crippen molar-refractivity contribution in [2.45, 2.75) is 6.18 Å². The Kier molecular flexibility index (Phi) is 6.04. The minimum Gasteiger partial charge on any atom is -0.267 e. The first-order valence-electron chi connectivity index (χ1n) is 8.06. The molecule has 10 heteroatoms. The number of aromatic nitrogens is 1. The normalized spacial score (nSPS) is 11.8. The summed E-state index contributed by atoms with van der Waals surface area (Å²) < 4.78 is 40.3. The number of alkyl halides is 3. The van der Waals surface area contributed by atoms with Crippen LogP contribution in [0.15, 0.2) is 47.3 Å². The molecular formula is C20H8Cl2F3N3OS. The summed E-state index contributed by atoms with van der Waals surface area (Å²) in [5.41, 5.74) is -1.64. The Morgan fingerprint density at radius 3 is 2.37 bits per heavy atom. The molecule has 3 rings (SSSR count). The van der Waals surface area contributed by atoms with Crippen molar-refractivity contribution in [2.24, 2.45) is 0 Å². The van der Waals surface area contributed by atoms with Gasteiger partial charge in [0.2, 0.25) is 0 Å². The molecular weight excluding hydrogens is 458 g/mol. The van der Waals surface area contributed by atoms with Crippen LogP contribution >= 0.6 is 34.5 Å². The van der Waals surface area contributed by atoms with E-state index in [0.717, 1.165) is 34.1 Å². The lowest BCUT2D eigenvalue weighted by Crippen LogP contribution is -2.30. The molecule has 0 aliphatic carbocycles. The number of hydrogen-bond donors (Lipinski definition) is 0. The van der Waals surface area contributed by atoms with Crippen LogP contribution < -0.4 is 14.8 Å². The third kappa shape index (κ3) is 4.27. The van der Waals surface area contributed by atoms with E-state index in [9.17, 15) is 28.5 Å². The fourth-order valence-electron chi connectivity index (χ4n) is 2.58. The van der Waals surface area contributed by atoms with Crippen molar-refractivity contribution >= 4 is 46.2 Å². The number of hydrogen-bond acceptors (Lipinski definition) is 4. The number of nitrogens with zero attached hydrogens (tertiary/aromatic N) is 3. The van der Waals surface area contributed by atoms with E-state index in [2.05, 4.69) is 0 Å². The number of halogens is 5. The van der Waals surface area contributed by atoms with Gasteiger partial charge in [-0.1, -0.05) is 35.3 Å². The van der Waals surface area contributed by atoms with Gasteiger partial charge in [0.25, 0.3) is 5.56 Å². The number of benzene rings is 2. The quantitative estimate of drug-likeness (QED) is 0.567. The maximum absolute atomic E-state index is 13.1. The standard InChI is InChI=1S/C20H8Cl2F3N3OS/c21-15-5-4-11(6-16(15)22)7-17-18(29)28(19(30-17)12(9-26)10-27)14-3-1-2-13(8-14)20(23,24)25/h1-8H. The minimum atomic E-state index is -4.62. The van der Waals surface area contributed by atoms with Gasteiger partial charge < -0.3 is 0 Å². The Labute approximate surface area is 181 Å². The lowest BCUT2D eigenvalue weighted by Gasteiger charge is -2.09. The summed E-state index contributed by atoms with van der Waals surface area (Å²) in [5, 5.41) is 19.1. The Morgan fingerprint density at radius 2 is 1.77 bits per heavy atom. The lowest BCUT2D eigenvalue weighted by atomic mass is 10.2. The van der Waals surface area contributed by atoms with Crippen LogP contribution in [0.1, 0.15) is 11.1 Å². The number of rotatable bonds is 2. The SMILES string of the molecule is N#CC(C#N)=c1sc(=Cc2ccc(Cl)c(Cl)c2)c(=O)n1-c1cccc(C(F)(F)F)c1. The predicted octanol–water partition coefficient (Wildman–Crippen LogP) is 4.25. The second-order valence-corrected chi connectivity index (χ2v) is 7.72. The summed E-state index contributed by atoms with van der Waals surface area (Å²) in [7, 11) is 0. The third-order valence-electron chi connectivity index (χ3n) is 3.93. The molecule has 3 aromatic rings. The molecule has 0 aliphatic heterocycles. The Balaban J connectivity index is 2.37. The Hall–Kier alpha value is -3.04. The second-order valence-electron chi connectivity index (χ2n) is 5.88. The van der Waals surface area contributed by atoms with Gasteiger partial charge in [-0.2, -0.15) is 23.7 Å². The van der Waals surface area contributed by atoms with Crippen molar-refractivity contribution in [2.75, 3.05) is 0 Å². The van der Waals surface area contributed by atoms with Crippen molar-refractivity contribution < 1.29 is 13.2 Å². The van der Waals surface area contributed by atoms with Gasteiger partial charge in [-0.15, -0.1) is 11.3 Å². The van der Waals surface area contributed by atoms with Gasteiger partial charge in [-0.3, -0.25) is 9.36 Å². The van der Waals surface area contributed by atoms with E-state index in [1.54, 1.807) is 18.2 Å². The molecule has 0 amide bonds. The molecule has 150 valence electrons. The van der Waals surface area contributed by atoms with Crippen LogP contribution in [0.4, 0.5) is 13.2 Å². The highest BCUT2D eigenvalue weighted by Crippen LogP contribution is 2.30. The summed E-state index contributed by atoms with van der Waals surface area (Å²) >= 11 is 12.7. The molecule has 1 aromatic heterocycles. The zero-order valence-corrected chi connectivity index (χ0v) is 17.0. The van der Waals surface area contributed by atoms with Gasteiger partial charge in [-0.05, 0) is 42.0 Å². The summed E-state index contributed by atoms with van der Waals surface area (Å²) in [5.74, 6) is 0. The molecule has 0 unspecified atom stereocenters. The van der Waals surface area contributed by atoms with Crippen LogP contribution in [-0.4, -0.2) is 4.57 Å². The van der Waals surface area contributed by atoms with Gasteiger partial charge in [-0.25, -0.2) is 0 Å². The fourth-order valence-corrected chi connectivity index (χ4v) is 3.94. The maximum atomic E-state index is 13.1. The average Bonchev–Trinajstić information content (AvgIpc) is 3.01. The molecule has 0 atom stereocenters. The fraction of sp³-hybridized carbons (Fsp3) is 0.0500. The maximum Gasteiger partial charge on any atom is 0.416 e. The third-order valence-corrected chi connectivity index (χ3v) is 5.77. The van der Waals surface area contributed by atoms with Crippen molar-refractivity contribution in [3.05, 3.63) is 83.2 Å². The number of nitriles is 2. The highest BCUT2D eigenvalue weighted by Gasteiger charge is 2.30. The molecule has 0 fully saturated rings. The molecule has 0 saturated carbocycles. The van der Waals surface area contributed by atoms with E-state index in [0.29, 0.717) is 10.6 Å². The Morgan fingerprint density at radius 1 is 1.07 bits per heavy atom. The molecule has 2 aromatic carbocycles. The average molecular weight is 466 g/mol. The van der Waals surface area contributed by atoms with Crippen LogP contribution in [0.3, 0.4) is 0 Å². The molecule has 1 heterocycles. The van der Waals surface area contributed by atoms with Crippen LogP contribution in [0, 0.1) is 22.7 Å². The van der Waals surface area contributed by atoms with Crippen molar-refractivity contribution in [3.63, 3.8) is 0 Å². The van der Waals surface area contributed by atoms with Gasteiger partial charge in [0, 0.05) is 0 Å². The van der Waals surface area contributed by atoms with Crippen LogP contribution in [0.25, 0.3) is 17.3 Å². The van der Waals surface area contributed by atoms with Crippen LogP contribution in [-0.2, 0) is 6.18 Å². The Bertz CT molecular complexity index is 1390. The summed E-state index contributed by atoms with van der Waals surface area (Å²) in [6.07, 6.45) is -3.17. The minimum absolute atomic E-state index is 0.0735. The smallest absolute Gasteiger partial charge is 0.267 e. The highest BCUT2D eigenvalue weighted by atomic mass is 35.5. The molecule has 0 saturated heterocycles. The molecule has 0 spiro atoms. The van der Waals surface area contributed by atoms with Crippen LogP contribution in [0.5, 0.6) is 0 Å². The molecule has 0 aliphatic rings. The van der Waals surface area contributed by atoms with Crippen LogP contribution in [0.2, 0.25) is 10.0 Å². The van der Waals surface area contributed by atoms with Gasteiger partial charge in [0.05, 0.1) is 25.8 Å². The zero-order chi connectivity index (χ0) is 22.1.